The van der Waals surface area contributed by atoms with Crippen LogP contribution in [0.15, 0.2) is 35.4 Å². The lowest BCUT2D eigenvalue weighted by atomic mass is 10.2. The van der Waals surface area contributed by atoms with Crippen molar-refractivity contribution in [1.82, 2.24) is 9.97 Å². The molecule has 0 saturated carbocycles. The standard InChI is InChI=1S/C12H13N3O3/c1-17-10-6-8(7-13)2-3-9(10)18-12-11(16)14-4-5-15-12/h2-6H,7,13H2,1H3,(H,14,16). The van der Waals surface area contributed by atoms with E-state index in [4.69, 9.17) is 15.2 Å². The maximum atomic E-state index is 11.4. The first kappa shape index (κ1) is 12.1. The smallest absolute Gasteiger partial charge is 0.311 e. The Morgan fingerprint density at radius 3 is 2.89 bits per heavy atom. The molecule has 1 heterocycles. The molecule has 94 valence electrons. The van der Waals surface area contributed by atoms with E-state index in [2.05, 4.69) is 9.97 Å². The average molecular weight is 247 g/mol. The number of nitrogens with one attached hydrogen (secondary N) is 1. The van der Waals surface area contributed by atoms with Gasteiger partial charge >= 0.3 is 5.56 Å². The number of aromatic amines is 1. The van der Waals surface area contributed by atoms with Crippen molar-refractivity contribution in [2.45, 2.75) is 6.54 Å². The van der Waals surface area contributed by atoms with E-state index in [9.17, 15) is 4.79 Å². The summed E-state index contributed by atoms with van der Waals surface area (Å²) in [6.07, 6.45) is 2.88. The summed E-state index contributed by atoms with van der Waals surface area (Å²) in [5, 5.41) is 0. The lowest BCUT2D eigenvalue weighted by molar-refractivity contribution is 0.371. The van der Waals surface area contributed by atoms with Crippen LogP contribution in [0.25, 0.3) is 0 Å². The van der Waals surface area contributed by atoms with Crippen molar-refractivity contribution in [3.8, 4) is 17.4 Å². The normalized spacial score (nSPS) is 10.1. The van der Waals surface area contributed by atoms with Gasteiger partial charge < -0.3 is 20.2 Å². The molecule has 0 aliphatic rings. The highest BCUT2D eigenvalue weighted by molar-refractivity contribution is 5.44. The van der Waals surface area contributed by atoms with Gasteiger partial charge in [0.15, 0.2) is 11.5 Å². The average Bonchev–Trinajstić information content (AvgIpc) is 2.41. The molecule has 0 unspecified atom stereocenters. The van der Waals surface area contributed by atoms with Crippen LogP contribution in [-0.2, 0) is 6.54 Å². The number of H-pyrrole nitrogens is 1. The predicted octanol–water partition coefficient (Wildman–Crippen LogP) is 1.03. The third kappa shape index (κ3) is 2.49. The number of ether oxygens (including phenoxy) is 2. The highest BCUT2D eigenvalue weighted by Crippen LogP contribution is 2.30. The summed E-state index contributed by atoms with van der Waals surface area (Å²) >= 11 is 0. The Hall–Kier alpha value is -2.34. The molecule has 2 aromatic rings. The Labute approximate surface area is 103 Å². The highest BCUT2D eigenvalue weighted by Gasteiger charge is 2.09. The molecular formula is C12H13N3O3. The second-order valence-electron chi connectivity index (χ2n) is 3.51. The van der Waals surface area contributed by atoms with Crippen LogP contribution in [0.1, 0.15) is 5.56 Å². The molecule has 0 radical (unpaired) electrons. The zero-order valence-corrected chi connectivity index (χ0v) is 9.84. The predicted molar refractivity (Wildman–Crippen MR) is 65.8 cm³/mol. The van der Waals surface area contributed by atoms with Gasteiger partial charge in [-0.25, -0.2) is 4.98 Å². The van der Waals surface area contributed by atoms with Crippen molar-refractivity contribution in [3.05, 3.63) is 46.5 Å². The summed E-state index contributed by atoms with van der Waals surface area (Å²) in [5.74, 6) is 0.887. The summed E-state index contributed by atoms with van der Waals surface area (Å²) in [5.41, 5.74) is 6.05. The Morgan fingerprint density at radius 1 is 1.39 bits per heavy atom. The number of methoxy groups -OCH3 is 1. The van der Waals surface area contributed by atoms with Gasteiger partial charge in [0.25, 0.3) is 5.88 Å². The lowest BCUT2D eigenvalue weighted by Gasteiger charge is -2.10. The molecule has 6 heteroatoms. The third-order valence-corrected chi connectivity index (χ3v) is 2.35. The minimum atomic E-state index is -0.401. The monoisotopic (exact) mass is 247 g/mol. The van der Waals surface area contributed by atoms with Gasteiger partial charge in [0, 0.05) is 18.9 Å². The van der Waals surface area contributed by atoms with Crippen LogP contribution in [0.4, 0.5) is 0 Å². The fourth-order valence-corrected chi connectivity index (χ4v) is 1.44. The number of benzene rings is 1. The van der Waals surface area contributed by atoms with E-state index in [0.29, 0.717) is 18.0 Å². The van der Waals surface area contributed by atoms with E-state index in [0.717, 1.165) is 5.56 Å². The maximum absolute atomic E-state index is 11.4. The second kappa shape index (κ2) is 5.33. The quantitative estimate of drug-likeness (QED) is 0.842. The molecule has 0 bridgehead atoms. The summed E-state index contributed by atoms with van der Waals surface area (Å²) < 4.78 is 10.6. The van der Waals surface area contributed by atoms with Crippen LogP contribution in [0.2, 0.25) is 0 Å². The molecule has 0 saturated heterocycles. The Bertz CT molecular complexity index is 595. The van der Waals surface area contributed by atoms with Crippen molar-refractivity contribution >= 4 is 0 Å². The summed E-state index contributed by atoms with van der Waals surface area (Å²) in [6, 6.07) is 5.25. The van der Waals surface area contributed by atoms with Crippen LogP contribution in [0.3, 0.4) is 0 Å². The van der Waals surface area contributed by atoms with E-state index in [1.165, 1.54) is 19.5 Å². The second-order valence-corrected chi connectivity index (χ2v) is 3.51. The molecule has 6 nitrogen and oxygen atoms in total. The van der Waals surface area contributed by atoms with Crippen LogP contribution in [-0.4, -0.2) is 17.1 Å². The van der Waals surface area contributed by atoms with Crippen molar-refractivity contribution in [2.75, 3.05) is 7.11 Å². The Kier molecular flexibility index (Phi) is 3.59. The largest absolute Gasteiger partial charge is 0.493 e. The van der Waals surface area contributed by atoms with Gasteiger partial charge in [-0.15, -0.1) is 0 Å². The molecule has 1 aromatic heterocycles. The topological polar surface area (TPSA) is 90.2 Å². The zero-order valence-electron chi connectivity index (χ0n) is 9.84. The molecular weight excluding hydrogens is 234 g/mol. The van der Waals surface area contributed by atoms with Gasteiger partial charge in [0.05, 0.1) is 7.11 Å². The van der Waals surface area contributed by atoms with E-state index >= 15 is 0 Å². The van der Waals surface area contributed by atoms with Crippen molar-refractivity contribution < 1.29 is 9.47 Å². The number of hydrogen-bond donors (Lipinski definition) is 2. The van der Waals surface area contributed by atoms with Gasteiger partial charge in [0.2, 0.25) is 0 Å². The molecule has 1 aromatic carbocycles. The maximum Gasteiger partial charge on any atom is 0.311 e. The molecule has 0 fully saturated rings. The van der Waals surface area contributed by atoms with Gasteiger partial charge in [-0.2, -0.15) is 0 Å². The minimum Gasteiger partial charge on any atom is -0.493 e. The lowest BCUT2D eigenvalue weighted by Crippen LogP contribution is -2.09. The highest BCUT2D eigenvalue weighted by atomic mass is 16.5. The van der Waals surface area contributed by atoms with Gasteiger partial charge in [-0.3, -0.25) is 4.79 Å². The number of nitrogens with zero attached hydrogens (tertiary/aromatic N) is 1. The Morgan fingerprint density at radius 2 is 2.22 bits per heavy atom. The number of nitrogens with two attached hydrogens (primary N) is 1. The van der Waals surface area contributed by atoms with Gasteiger partial charge in [-0.05, 0) is 17.7 Å². The summed E-state index contributed by atoms with van der Waals surface area (Å²) in [7, 11) is 1.52. The molecule has 0 atom stereocenters. The summed E-state index contributed by atoms with van der Waals surface area (Å²) in [4.78, 5) is 17.8. The first-order valence-corrected chi connectivity index (χ1v) is 5.33. The molecule has 0 aliphatic carbocycles. The first-order valence-electron chi connectivity index (χ1n) is 5.33. The number of aromatic nitrogens is 2. The molecule has 0 amide bonds. The molecule has 0 spiro atoms. The fourth-order valence-electron chi connectivity index (χ4n) is 1.44. The number of rotatable bonds is 4. The summed E-state index contributed by atoms with van der Waals surface area (Å²) in [6.45, 7) is 0.404. The van der Waals surface area contributed by atoms with E-state index in [1.54, 1.807) is 18.2 Å². The zero-order chi connectivity index (χ0) is 13.0. The molecule has 0 aliphatic heterocycles. The number of hydrogen-bond acceptors (Lipinski definition) is 5. The molecule has 18 heavy (non-hydrogen) atoms. The SMILES string of the molecule is COc1cc(CN)ccc1Oc1ncc[nH]c1=O. The van der Waals surface area contributed by atoms with Crippen LogP contribution in [0, 0.1) is 0 Å². The van der Waals surface area contributed by atoms with E-state index < -0.39 is 5.56 Å². The van der Waals surface area contributed by atoms with Crippen molar-refractivity contribution in [2.24, 2.45) is 5.73 Å². The van der Waals surface area contributed by atoms with Crippen molar-refractivity contribution in [1.29, 1.82) is 0 Å². The van der Waals surface area contributed by atoms with Gasteiger partial charge in [-0.1, -0.05) is 6.07 Å². The Balaban J connectivity index is 2.35. The first-order chi connectivity index (χ1) is 8.74. The molecule has 3 N–H and O–H groups in total. The van der Waals surface area contributed by atoms with E-state index in [-0.39, 0.29) is 5.88 Å². The third-order valence-electron chi connectivity index (χ3n) is 2.35. The van der Waals surface area contributed by atoms with Crippen molar-refractivity contribution in [3.63, 3.8) is 0 Å². The minimum absolute atomic E-state index is 0.0312. The fraction of sp³-hybridized carbons (Fsp3) is 0.167. The molecule has 2 rings (SSSR count). The van der Waals surface area contributed by atoms with Crippen LogP contribution in [0.5, 0.6) is 17.4 Å². The van der Waals surface area contributed by atoms with Crippen LogP contribution >= 0.6 is 0 Å². The van der Waals surface area contributed by atoms with Crippen LogP contribution < -0.4 is 20.8 Å². The van der Waals surface area contributed by atoms with Gasteiger partial charge in [0.1, 0.15) is 0 Å². The van der Waals surface area contributed by atoms with E-state index in [1.807, 2.05) is 0 Å².